The summed E-state index contributed by atoms with van der Waals surface area (Å²) in [5.41, 5.74) is -2.86. The molecule has 4 rings (SSSR count). The van der Waals surface area contributed by atoms with Crippen molar-refractivity contribution in [2.45, 2.75) is 83.3 Å². The normalized spacial score (nSPS) is 19.2. The number of carboxylic acid groups (broad SMARTS) is 1. The van der Waals surface area contributed by atoms with Crippen LogP contribution in [-0.4, -0.2) is 84.2 Å². The Morgan fingerprint density at radius 3 is 2.17 bits per heavy atom. The highest BCUT2D eigenvalue weighted by Gasteiger charge is 2.58. The fourth-order valence-corrected chi connectivity index (χ4v) is 7.44. The van der Waals surface area contributed by atoms with Gasteiger partial charge in [-0.1, -0.05) is 36.4 Å². The summed E-state index contributed by atoms with van der Waals surface area (Å²) in [5, 5.41) is 20.5. The molecule has 0 bridgehead atoms. The van der Waals surface area contributed by atoms with Gasteiger partial charge in [0.1, 0.15) is 22.8 Å². The average Bonchev–Trinajstić information content (AvgIpc) is 2.97. The summed E-state index contributed by atoms with van der Waals surface area (Å²) in [5.74, 6) is -1.51. The molecule has 0 saturated carbocycles. The topological polar surface area (TPSA) is 176 Å². The van der Waals surface area contributed by atoms with Crippen molar-refractivity contribution < 1.29 is 42.1 Å². The van der Waals surface area contributed by atoms with Gasteiger partial charge in [0.25, 0.3) is 0 Å². The van der Waals surface area contributed by atoms with Crippen molar-refractivity contribution in [2.75, 3.05) is 26.2 Å². The molecule has 0 spiro atoms. The molecule has 2 aliphatic rings. The maximum Gasteiger partial charge on any atom is 0.411 e. The van der Waals surface area contributed by atoms with Crippen LogP contribution < -0.4 is 10.1 Å². The number of nitrogens with one attached hydrogen (secondary N) is 2. The summed E-state index contributed by atoms with van der Waals surface area (Å²) in [6.07, 6.45) is -1.06. The molecule has 3 N–H and O–H groups in total. The Hall–Kier alpha value is -4.17. The first-order valence-electron chi connectivity index (χ1n) is 15.9. The standard InChI is InChI=1S/C34H46N4O9S/c1-32(2,3)46-29(39)34(28(35)36-30(40)41)27-20-26(13-12-25(27)16-19-38(34)31(42)47-33(4,5)6)45-21-23-14-17-37(18-15-23)48(43,44)22-24-10-8-7-9-11-24/h7-13,20,23H,14-19,21-22H2,1-6H3,(H2,35,36)(H,40,41). The van der Waals surface area contributed by atoms with Crippen molar-refractivity contribution in [2.24, 2.45) is 5.92 Å². The molecular formula is C34H46N4O9S. The minimum Gasteiger partial charge on any atom is -0.493 e. The monoisotopic (exact) mass is 686 g/mol. The Labute approximate surface area is 282 Å². The lowest BCUT2D eigenvalue weighted by molar-refractivity contribution is -0.166. The van der Waals surface area contributed by atoms with E-state index in [9.17, 15) is 27.9 Å². The number of fused-ring (bicyclic) bond motifs is 1. The lowest BCUT2D eigenvalue weighted by Crippen LogP contribution is -2.67. The zero-order chi connectivity index (χ0) is 35.5. The van der Waals surface area contributed by atoms with Gasteiger partial charge in [-0.05, 0) is 90.0 Å². The molecule has 1 unspecified atom stereocenters. The molecule has 1 saturated heterocycles. The summed E-state index contributed by atoms with van der Waals surface area (Å²) in [6.45, 7) is 10.8. The third-order valence-electron chi connectivity index (χ3n) is 8.03. The van der Waals surface area contributed by atoms with Crippen molar-refractivity contribution in [3.63, 3.8) is 0 Å². The zero-order valence-electron chi connectivity index (χ0n) is 28.4. The highest BCUT2D eigenvalue weighted by Crippen LogP contribution is 2.41. The van der Waals surface area contributed by atoms with Gasteiger partial charge in [0.05, 0.1) is 12.4 Å². The maximum atomic E-state index is 14.2. The maximum absolute atomic E-state index is 14.2. The minimum atomic E-state index is -3.47. The van der Waals surface area contributed by atoms with Gasteiger partial charge in [0.15, 0.2) is 0 Å². The number of piperidine rings is 1. The van der Waals surface area contributed by atoms with Crippen molar-refractivity contribution >= 4 is 34.0 Å². The number of amidine groups is 1. The molecule has 13 nitrogen and oxygen atoms in total. The molecule has 2 heterocycles. The molecule has 48 heavy (non-hydrogen) atoms. The van der Waals surface area contributed by atoms with E-state index in [1.807, 2.05) is 23.5 Å². The molecule has 262 valence electrons. The second kappa shape index (κ2) is 14.1. The lowest BCUT2D eigenvalue weighted by atomic mass is 9.79. The van der Waals surface area contributed by atoms with E-state index in [0.717, 1.165) is 10.5 Å². The van der Waals surface area contributed by atoms with Crippen LogP contribution in [0.1, 0.15) is 71.1 Å². The predicted molar refractivity (Wildman–Crippen MR) is 178 cm³/mol. The number of hydrogen-bond donors (Lipinski definition) is 3. The SMILES string of the molecule is CC(C)(C)OC(=O)N1CCc2ccc(OCC3CCN(S(=O)(=O)Cc4ccccc4)CC3)cc2C1(C(=N)NC(=O)O)C(=O)OC(C)(C)C. The number of benzene rings is 2. The molecule has 2 aliphatic heterocycles. The van der Waals surface area contributed by atoms with E-state index < -0.39 is 50.8 Å². The number of ether oxygens (including phenoxy) is 3. The first kappa shape index (κ1) is 36.7. The van der Waals surface area contributed by atoms with Crippen LogP contribution in [0, 0.1) is 11.3 Å². The quantitative estimate of drug-likeness (QED) is 0.199. The van der Waals surface area contributed by atoms with Gasteiger partial charge in [-0.2, -0.15) is 0 Å². The van der Waals surface area contributed by atoms with Crippen LogP contribution in [0.5, 0.6) is 5.75 Å². The minimum absolute atomic E-state index is 0.0464. The summed E-state index contributed by atoms with van der Waals surface area (Å²) < 4.78 is 45.1. The van der Waals surface area contributed by atoms with Crippen LogP contribution in [-0.2, 0) is 42.0 Å². The highest BCUT2D eigenvalue weighted by atomic mass is 32.2. The van der Waals surface area contributed by atoms with Crippen LogP contribution in [0.25, 0.3) is 0 Å². The third kappa shape index (κ3) is 8.64. The first-order valence-corrected chi connectivity index (χ1v) is 17.5. The van der Waals surface area contributed by atoms with E-state index in [1.165, 1.54) is 10.4 Å². The highest BCUT2D eigenvalue weighted by molar-refractivity contribution is 7.88. The molecule has 1 fully saturated rings. The first-order chi connectivity index (χ1) is 22.3. The number of amides is 2. The molecule has 2 amide bonds. The van der Waals surface area contributed by atoms with Gasteiger partial charge in [0.2, 0.25) is 15.6 Å². The number of hydrogen-bond acceptors (Lipinski definition) is 9. The number of carbonyl (C=O) groups is 3. The summed E-state index contributed by atoms with van der Waals surface area (Å²) in [7, 11) is -3.47. The molecule has 14 heteroatoms. The summed E-state index contributed by atoms with van der Waals surface area (Å²) >= 11 is 0. The van der Waals surface area contributed by atoms with Gasteiger partial charge in [-0.3, -0.25) is 15.6 Å². The fourth-order valence-electron chi connectivity index (χ4n) is 5.88. The van der Waals surface area contributed by atoms with E-state index >= 15 is 0 Å². The Morgan fingerprint density at radius 1 is 0.958 bits per heavy atom. The van der Waals surface area contributed by atoms with Crippen molar-refractivity contribution in [3.05, 3.63) is 65.2 Å². The number of sulfonamides is 1. The Bertz CT molecular complexity index is 1630. The van der Waals surface area contributed by atoms with Gasteiger partial charge in [-0.25, -0.2) is 27.1 Å². The molecular weight excluding hydrogens is 640 g/mol. The van der Waals surface area contributed by atoms with Crippen LogP contribution in [0.3, 0.4) is 0 Å². The Kier molecular flexibility index (Phi) is 10.8. The largest absolute Gasteiger partial charge is 0.493 e. The number of rotatable bonds is 8. The fraction of sp³-hybridized carbons (Fsp3) is 0.529. The third-order valence-corrected chi connectivity index (χ3v) is 9.88. The van der Waals surface area contributed by atoms with Crippen molar-refractivity contribution in [1.29, 1.82) is 5.41 Å². The van der Waals surface area contributed by atoms with E-state index in [4.69, 9.17) is 19.6 Å². The van der Waals surface area contributed by atoms with Crippen molar-refractivity contribution in [3.8, 4) is 5.75 Å². The van der Waals surface area contributed by atoms with E-state index in [-0.39, 0.29) is 36.8 Å². The van der Waals surface area contributed by atoms with E-state index in [2.05, 4.69) is 0 Å². The molecule has 0 aromatic heterocycles. The van der Waals surface area contributed by atoms with Gasteiger partial charge in [0, 0.05) is 25.2 Å². The van der Waals surface area contributed by atoms with Crippen LogP contribution in [0.2, 0.25) is 0 Å². The molecule has 2 aromatic carbocycles. The van der Waals surface area contributed by atoms with E-state index in [1.54, 1.807) is 65.8 Å². The lowest BCUT2D eigenvalue weighted by Gasteiger charge is -2.46. The molecule has 0 radical (unpaired) electrons. The number of carbonyl (C=O) groups excluding carboxylic acids is 2. The molecule has 1 atom stereocenters. The Balaban J connectivity index is 1.61. The van der Waals surface area contributed by atoms with Crippen LogP contribution >= 0.6 is 0 Å². The van der Waals surface area contributed by atoms with E-state index in [0.29, 0.717) is 37.2 Å². The van der Waals surface area contributed by atoms with Crippen LogP contribution in [0.4, 0.5) is 9.59 Å². The second-order valence-electron chi connectivity index (χ2n) is 14.1. The number of nitrogens with zero attached hydrogens (tertiary/aromatic N) is 2. The van der Waals surface area contributed by atoms with Gasteiger partial charge in [-0.15, -0.1) is 0 Å². The predicted octanol–water partition coefficient (Wildman–Crippen LogP) is 4.88. The van der Waals surface area contributed by atoms with Gasteiger partial charge < -0.3 is 19.3 Å². The number of esters is 1. The zero-order valence-corrected chi connectivity index (χ0v) is 29.2. The van der Waals surface area contributed by atoms with Gasteiger partial charge >= 0.3 is 18.2 Å². The second-order valence-corrected chi connectivity index (χ2v) is 16.1. The van der Waals surface area contributed by atoms with Crippen molar-refractivity contribution in [1.82, 2.24) is 14.5 Å². The molecule has 0 aliphatic carbocycles. The Morgan fingerprint density at radius 2 is 1.58 bits per heavy atom. The van der Waals surface area contributed by atoms with Crippen LogP contribution in [0.15, 0.2) is 48.5 Å². The summed E-state index contributed by atoms with van der Waals surface area (Å²) in [4.78, 5) is 40.7. The smallest absolute Gasteiger partial charge is 0.411 e. The summed E-state index contributed by atoms with van der Waals surface area (Å²) in [6, 6.07) is 14.0. The average molecular weight is 687 g/mol. The molecule has 2 aromatic rings.